The van der Waals surface area contributed by atoms with Gasteiger partial charge in [-0.1, -0.05) is 6.92 Å². The molecule has 2 rings (SSSR count). The number of hydrogen-bond acceptors (Lipinski definition) is 6. The third-order valence-corrected chi connectivity index (χ3v) is 4.79. The van der Waals surface area contributed by atoms with Gasteiger partial charge in [0.25, 0.3) is 0 Å². The predicted molar refractivity (Wildman–Crippen MR) is 82.7 cm³/mol. The Balaban J connectivity index is 1.98. The van der Waals surface area contributed by atoms with Gasteiger partial charge in [0.15, 0.2) is 5.13 Å². The number of anilines is 1. The summed E-state index contributed by atoms with van der Waals surface area (Å²) in [6, 6.07) is 0.462. The molecule has 1 saturated heterocycles. The zero-order chi connectivity index (χ0) is 14.4. The molecule has 2 heterocycles. The van der Waals surface area contributed by atoms with E-state index >= 15 is 0 Å². The van der Waals surface area contributed by atoms with Crippen molar-refractivity contribution in [3.05, 3.63) is 10.6 Å². The second-order valence-corrected chi connectivity index (χ2v) is 6.07. The van der Waals surface area contributed by atoms with Crippen LogP contribution < -0.4 is 10.2 Å². The summed E-state index contributed by atoms with van der Waals surface area (Å²) in [6.07, 6.45) is 1.10. The maximum absolute atomic E-state index is 5.56. The minimum absolute atomic E-state index is 0.462. The Morgan fingerprint density at radius 1 is 1.55 bits per heavy atom. The number of hydrogen-bond donors (Lipinski definition) is 1. The second-order valence-electron chi connectivity index (χ2n) is 5.00. The van der Waals surface area contributed by atoms with Crippen LogP contribution in [-0.4, -0.2) is 51.0 Å². The molecule has 1 atom stereocenters. The molecule has 20 heavy (non-hydrogen) atoms. The lowest BCUT2D eigenvalue weighted by Gasteiger charge is -2.34. The maximum Gasteiger partial charge on any atom is 0.186 e. The Morgan fingerprint density at radius 2 is 2.40 bits per heavy atom. The van der Waals surface area contributed by atoms with Crippen molar-refractivity contribution in [3.63, 3.8) is 0 Å². The van der Waals surface area contributed by atoms with Crippen LogP contribution in [0.15, 0.2) is 0 Å². The zero-order valence-electron chi connectivity index (χ0n) is 12.6. The van der Waals surface area contributed by atoms with Crippen LogP contribution in [0.2, 0.25) is 0 Å². The molecule has 1 aliphatic heterocycles. The molecule has 6 heteroatoms. The molecule has 0 aliphatic carbocycles. The van der Waals surface area contributed by atoms with Crippen molar-refractivity contribution in [1.29, 1.82) is 0 Å². The monoisotopic (exact) mass is 299 g/mol. The smallest absolute Gasteiger partial charge is 0.186 e. The summed E-state index contributed by atoms with van der Waals surface area (Å²) < 4.78 is 10.6. The van der Waals surface area contributed by atoms with Crippen LogP contribution in [0.1, 0.15) is 23.9 Å². The molecule has 1 unspecified atom stereocenters. The molecular weight excluding hydrogens is 274 g/mol. The summed E-state index contributed by atoms with van der Waals surface area (Å²) in [5.74, 6) is 0. The minimum Gasteiger partial charge on any atom is -0.383 e. The highest BCUT2D eigenvalue weighted by atomic mass is 32.1. The fourth-order valence-corrected chi connectivity index (χ4v) is 3.45. The molecule has 1 N–H and O–H groups in total. The molecule has 114 valence electrons. The van der Waals surface area contributed by atoms with Gasteiger partial charge in [-0.3, -0.25) is 0 Å². The van der Waals surface area contributed by atoms with Crippen LogP contribution in [0.3, 0.4) is 0 Å². The normalized spacial score (nSPS) is 19.6. The zero-order valence-corrected chi connectivity index (χ0v) is 13.5. The number of aromatic nitrogens is 1. The number of nitrogens with zero attached hydrogens (tertiary/aromatic N) is 2. The lowest BCUT2D eigenvalue weighted by atomic mass is 10.2. The van der Waals surface area contributed by atoms with E-state index in [1.54, 1.807) is 18.4 Å². The van der Waals surface area contributed by atoms with E-state index in [0.717, 1.165) is 56.7 Å². The molecule has 1 fully saturated rings. The van der Waals surface area contributed by atoms with Crippen molar-refractivity contribution in [2.45, 2.75) is 32.9 Å². The van der Waals surface area contributed by atoms with Crippen LogP contribution in [-0.2, 0) is 16.0 Å². The molecule has 0 radical (unpaired) electrons. The topological polar surface area (TPSA) is 46.6 Å². The molecule has 0 saturated carbocycles. The molecule has 0 amide bonds. The van der Waals surface area contributed by atoms with E-state index in [0.29, 0.717) is 6.04 Å². The van der Waals surface area contributed by atoms with Crippen molar-refractivity contribution in [1.82, 2.24) is 10.3 Å². The summed E-state index contributed by atoms with van der Waals surface area (Å²) in [6.45, 7) is 9.35. The summed E-state index contributed by atoms with van der Waals surface area (Å²) in [4.78, 5) is 8.47. The molecular formula is C14H25N3O2S. The van der Waals surface area contributed by atoms with Gasteiger partial charge in [0, 0.05) is 31.6 Å². The van der Waals surface area contributed by atoms with Gasteiger partial charge in [0.2, 0.25) is 0 Å². The predicted octanol–water partition coefficient (Wildman–Crippen LogP) is 1.80. The molecule has 1 aromatic heterocycles. The number of methoxy groups -OCH3 is 1. The minimum atomic E-state index is 0.462. The van der Waals surface area contributed by atoms with Crippen LogP contribution in [0.5, 0.6) is 0 Å². The average Bonchev–Trinajstić information content (AvgIpc) is 2.85. The lowest BCUT2D eigenvalue weighted by molar-refractivity contribution is 0.0929. The van der Waals surface area contributed by atoms with Crippen molar-refractivity contribution >= 4 is 16.5 Å². The maximum atomic E-state index is 5.56. The number of morpholine rings is 1. The molecule has 1 aliphatic rings. The summed E-state index contributed by atoms with van der Waals surface area (Å²) in [7, 11) is 1.72. The molecule has 5 nitrogen and oxygen atoms in total. The number of aryl methyl sites for hydroxylation is 1. The van der Waals surface area contributed by atoms with Gasteiger partial charge in [-0.15, -0.1) is 11.3 Å². The first-order chi connectivity index (χ1) is 9.76. The van der Waals surface area contributed by atoms with E-state index in [2.05, 4.69) is 24.1 Å². The molecule has 0 spiro atoms. The Morgan fingerprint density at radius 3 is 3.15 bits per heavy atom. The van der Waals surface area contributed by atoms with Gasteiger partial charge in [0.1, 0.15) is 0 Å². The first kappa shape index (κ1) is 15.7. The first-order valence-electron chi connectivity index (χ1n) is 7.26. The molecule has 1 aromatic rings. The second kappa shape index (κ2) is 7.93. The number of rotatable bonds is 7. The van der Waals surface area contributed by atoms with E-state index in [9.17, 15) is 0 Å². The average molecular weight is 299 g/mol. The fourth-order valence-electron chi connectivity index (χ4n) is 2.32. The van der Waals surface area contributed by atoms with Gasteiger partial charge in [-0.25, -0.2) is 4.98 Å². The van der Waals surface area contributed by atoms with Crippen molar-refractivity contribution in [3.8, 4) is 0 Å². The Kier molecular flexibility index (Phi) is 6.22. The number of ether oxygens (including phenoxy) is 2. The SMILES string of the molecule is CCC1COCCN1c1nc(C)c(CNCCOC)s1. The Bertz CT molecular complexity index is 411. The highest BCUT2D eigenvalue weighted by Crippen LogP contribution is 2.29. The van der Waals surface area contributed by atoms with Crippen LogP contribution in [0, 0.1) is 6.92 Å². The highest BCUT2D eigenvalue weighted by Gasteiger charge is 2.24. The Hall–Kier alpha value is -0.690. The molecule has 0 aromatic carbocycles. The molecule has 0 bridgehead atoms. The van der Waals surface area contributed by atoms with Gasteiger partial charge in [-0.2, -0.15) is 0 Å². The number of nitrogens with one attached hydrogen (secondary N) is 1. The standard InChI is InChI=1S/C14H25N3O2S/c1-4-12-10-19-8-6-17(12)14-16-11(2)13(20-14)9-15-5-7-18-3/h12,15H,4-10H2,1-3H3. The third kappa shape index (κ3) is 3.91. The third-order valence-electron chi connectivity index (χ3n) is 3.59. The Labute approximate surface area is 125 Å². The van der Waals surface area contributed by atoms with Crippen LogP contribution in [0.4, 0.5) is 5.13 Å². The van der Waals surface area contributed by atoms with Crippen molar-refractivity contribution < 1.29 is 9.47 Å². The van der Waals surface area contributed by atoms with Gasteiger partial charge in [0.05, 0.1) is 31.6 Å². The van der Waals surface area contributed by atoms with Crippen LogP contribution >= 0.6 is 11.3 Å². The van der Waals surface area contributed by atoms with Crippen LogP contribution in [0.25, 0.3) is 0 Å². The van der Waals surface area contributed by atoms with E-state index in [1.807, 2.05) is 0 Å². The summed E-state index contributed by atoms with van der Waals surface area (Å²) >= 11 is 1.80. The lowest BCUT2D eigenvalue weighted by Crippen LogP contribution is -2.45. The highest BCUT2D eigenvalue weighted by molar-refractivity contribution is 7.15. The fraction of sp³-hybridized carbons (Fsp3) is 0.786. The summed E-state index contributed by atoms with van der Waals surface area (Å²) in [5, 5.41) is 4.53. The number of thiazole rings is 1. The van der Waals surface area contributed by atoms with Crippen molar-refractivity contribution in [2.75, 3.05) is 44.9 Å². The van der Waals surface area contributed by atoms with Gasteiger partial charge in [-0.05, 0) is 13.3 Å². The van der Waals surface area contributed by atoms with Gasteiger partial charge >= 0.3 is 0 Å². The van der Waals surface area contributed by atoms with E-state index in [4.69, 9.17) is 14.5 Å². The van der Waals surface area contributed by atoms with E-state index in [1.165, 1.54) is 4.88 Å². The largest absolute Gasteiger partial charge is 0.383 e. The van der Waals surface area contributed by atoms with Gasteiger partial charge < -0.3 is 19.7 Å². The van der Waals surface area contributed by atoms with E-state index in [-0.39, 0.29) is 0 Å². The van der Waals surface area contributed by atoms with E-state index < -0.39 is 0 Å². The van der Waals surface area contributed by atoms with Crippen molar-refractivity contribution in [2.24, 2.45) is 0 Å². The quantitative estimate of drug-likeness (QED) is 0.778. The first-order valence-corrected chi connectivity index (χ1v) is 8.08. The summed E-state index contributed by atoms with van der Waals surface area (Å²) in [5.41, 5.74) is 1.14.